The molecule has 2 rings (SSSR count). The van der Waals surface area contributed by atoms with Crippen molar-refractivity contribution in [1.29, 1.82) is 0 Å². The molecule has 0 aliphatic heterocycles. The Hall–Kier alpha value is 0. The largest absolute Gasteiger partial charge is 0.0649 e. The van der Waals surface area contributed by atoms with Crippen molar-refractivity contribution in [3.63, 3.8) is 0 Å². The average molecular weight is 194 g/mol. The highest BCUT2D eigenvalue weighted by molar-refractivity contribution is 4.92. The summed E-state index contributed by atoms with van der Waals surface area (Å²) in [6.07, 6.45) is 10.5. The van der Waals surface area contributed by atoms with E-state index in [0.29, 0.717) is 5.41 Å². The van der Waals surface area contributed by atoms with E-state index < -0.39 is 0 Å². The molecule has 0 aromatic rings. The quantitative estimate of drug-likeness (QED) is 0.570. The van der Waals surface area contributed by atoms with Gasteiger partial charge in [-0.2, -0.15) is 0 Å². The van der Waals surface area contributed by atoms with Gasteiger partial charge in [0.15, 0.2) is 0 Å². The highest BCUT2D eigenvalue weighted by Crippen LogP contribution is 2.52. The third kappa shape index (κ3) is 1.61. The van der Waals surface area contributed by atoms with Crippen LogP contribution in [0.1, 0.15) is 65.7 Å². The molecule has 2 aliphatic rings. The van der Waals surface area contributed by atoms with Crippen molar-refractivity contribution in [3.05, 3.63) is 0 Å². The van der Waals surface area contributed by atoms with E-state index in [1.807, 2.05) is 0 Å². The summed E-state index contributed by atoms with van der Waals surface area (Å²) >= 11 is 0. The van der Waals surface area contributed by atoms with Crippen LogP contribution in [0.15, 0.2) is 0 Å². The molecule has 0 aromatic carbocycles. The van der Waals surface area contributed by atoms with Crippen molar-refractivity contribution in [3.8, 4) is 0 Å². The fourth-order valence-electron chi connectivity index (χ4n) is 4.09. The Morgan fingerprint density at radius 2 is 1.86 bits per heavy atom. The molecule has 82 valence electrons. The molecule has 0 bridgehead atoms. The maximum atomic E-state index is 2.54. The summed E-state index contributed by atoms with van der Waals surface area (Å²) in [6.45, 7) is 7.47. The molecule has 0 spiro atoms. The predicted octanol–water partition coefficient (Wildman–Crippen LogP) is 4.64. The molecule has 0 nitrogen and oxygen atoms in total. The SMILES string of the molecule is CCC1(C)CCCC2CCCC2C1C. The first kappa shape index (κ1) is 10.5. The molecule has 4 atom stereocenters. The molecule has 0 amide bonds. The first-order valence-corrected chi connectivity index (χ1v) is 6.67. The minimum Gasteiger partial charge on any atom is -0.0649 e. The topological polar surface area (TPSA) is 0 Å². The van der Waals surface area contributed by atoms with E-state index in [1.54, 1.807) is 0 Å². The second kappa shape index (κ2) is 3.87. The maximum absolute atomic E-state index is 2.54. The minimum absolute atomic E-state index is 0.657. The Balaban J connectivity index is 2.16. The molecule has 2 saturated carbocycles. The first-order valence-electron chi connectivity index (χ1n) is 6.67. The van der Waals surface area contributed by atoms with Gasteiger partial charge in [0.25, 0.3) is 0 Å². The van der Waals surface area contributed by atoms with Crippen LogP contribution in [-0.2, 0) is 0 Å². The minimum atomic E-state index is 0.657. The van der Waals surface area contributed by atoms with Gasteiger partial charge in [-0.3, -0.25) is 0 Å². The second-order valence-electron chi connectivity index (χ2n) is 6.04. The molecule has 0 heterocycles. The number of hydrogen-bond donors (Lipinski definition) is 0. The lowest BCUT2D eigenvalue weighted by molar-refractivity contribution is 0.119. The predicted molar refractivity (Wildman–Crippen MR) is 62.2 cm³/mol. The second-order valence-corrected chi connectivity index (χ2v) is 6.04. The van der Waals surface area contributed by atoms with Crippen LogP contribution in [0.2, 0.25) is 0 Å². The van der Waals surface area contributed by atoms with Crippen molar-refractivity contribution in [2.24, 2.45) is 23.2 Å². The number of hydrogen-bond acceptors (Lipinski definition) is 0. The summed E-state index contributed by atoms with van der Waals surface area (Å²) in [5, 5.41) is 0. The van der Waals surface area contributed by atoms with Crippen molar-refractivity contribution in [2.75, 3.05) is 0 Å². The van der Waals surface area contributed by atoms with Gasteiger partial charge < -0.3 is 0 Å². The van der Waals surface area contributed by atoms with Crippen LogP contribution in [0.4, 0.5) is 0 Å². The van der Waals surface area contributed by atoms with Gasteiger partial charge in [-0.1, -0.05) is 52.9 Å². The lowest BCUT2D eigenvalue weighted by Gasteiger charge is -2.38. The van der Waals surface area contributed by atoms with Crippen LogP contribution in [-0.4, -0.2) is 0 Å². The zero-order valence-electron chi connectivity index (χ0n) is 10.2. The Bertz CT molecular complexity index is 196. The Labute approximate surface area is 89.5 Å². The fraction of sp³-hybridized carbons (Fsp3) is 1.00. The van der Waals surface area contributed by atoms with Gasteiger partial charge >= 0.3 is 0 Å². The van der Waals surface area contributed by atoms with Crippen molar-refractivity contribution >= 4 is 0 Å². The molecule has 4 unspecified atom stereocenters. The zero-order valence-corrected chi connectivity index (χ0v) is 10.2. The van der Waals surface area contributed by atoms with E-state index >= 15 is 0 Å². The van der Waals surface area contributed by atoms with E-state index in [-0.39, 0.29) is 0 Å². The van der Waals surface area contributed by atoms with Gasteiger partial charge in [-0.05, 0) is 36.0 Å². The lowest BCUT2D eigenvalue weighted by atomic mass is 9.68. The average Bonchev–Trinajstić information content (AvgIpc) is 2.60. The summed E-state index contributed by atoms with van der Waals surface area (Å²) in [4.78, 5) is 0. The highest BCUT2D eigenvalue weighted by Gasteiger charge is 2.42. The van der Waals surface area contributed by atoms with Gasteiger partial charge in [0.2, 0.25) is 0 Å². The van der Waals surface area contributed by atoms with Gasteiger partial charge in [0.05, 0.1) is 0 Å². The van der Waals surface area contributed by atoms with Crippen LogP contribution >= 0.6 is 0 Å². The summed E-state index contributed by atoms with van der Waals surface area (Å²) in [6, 6.07) is 0. The summed E-state index contributed by atoms with van der Waals surface area (Å²) in [7, 11) is 0. The molecule has 0 radical (unpaired) electrons. The first-order chi connectivity index (χ1) is 6.67. The van der Waals surface area contributed by atoms with E-state index in [1.165, 1.54) is 44.9 Å². The van der Waals surface area contributed by atoms with E-state index in [4.69, 9.17) is 0 Å². The smallest absolute Gasteiger partial charge is 0.0300 e. The zero-order chi connectivity index (χ0) is 10.2. The molecule has 2 fully saturated rings. The summed E-state index contributed by atoms with van der Waals surface area (Å²) in [5.74, 6) is 3.14. The number of fused-ring (bicyclic) bond motifs is 1. The van der Waals surface area contributed by atoms with Crippen LogP contribution in [0.5, 0.6) is 0 Å². The van der Waals surface area contributed by atoms with Crippen molar-refractivity contribution in [1.82, 2.24) is 0 Å². The lowest BCUT2D eigenvalue weighted by Crippen LogP contribution is -2.29. The number of rotatable bonds is 1. The van der Waals surface area contributed by atoms with Crippen LogP contribution in [0.3, 0.4) is 0 Å². The van der Waals surface area contributed by atoms with Crippen molar-refractivity contribution < 1.29 is 0 Å². The molecule has 2 aliphatic carbocycles. The summed E-state index contributed by atoms with van der Waals surface area (Å²) in [5.41, 5.74) is 0.657. The third-order valence-corrected chi connectivity index (χ3v) is 5.59. The normalized spacial score (nSPS) is 48.6. The van der Waals surface area contributed by atoms with Gasteiger partial charge in [0.1, 0.15) is 0 Å². The maximum Gasteiger partial charge on any atom is -0.0300 e. The van der Waals surface area contributed by atoms with Gasteiger partial charge in [-0.15, -0.1) is 0 Å². The van der Waals surface area contributed by atoms with Crippen LogP contribution in [0, 0.1) is 23.2 Å². The van der Waals surface area contributed by atoms with Crippen LogP contribution in [0.25, 0.3) is 0 Å². The molecular weight excluding hydrogens is 168 g/mol. The molecule has 14 heavy (non-hydrogen) atoms. The van der Waals surface area contributed by atoms with Crippen molar-refractivity contribution in [2.45, 2.75) is 65.7 Å². The molecular formula is C14H26. The summed E-state index contributed by atoms with van der Waals surface area (Å²) < 4.78 is 0. The Morgan fingerprint density at radius 1 is 1.14 bits per heavy atom. The fourth-order valence-corrected chi connectivity index (χ4v) is 4.09. The van der Waals surface area contributed by atoms with E-state index in [2.05, 4.69) is 20.8 Å². The molecule has 0 heteroatoms. The molecule has 0 saturated heterocycles. The molecule has 0 aromatic heterocycles. The van der Waals surface area contributed by atoms with Gasteiger partial charge in [-0.25, -0.2) is 0 Å². The molecule has 0 N–H and O–H groups in total. The third-order valence-electron chi connectivity index (χ3n) is 5.59. The monoisotopic (exact) mass is 194 g/mol. The Kier molecular flexibility index (Phi) is 2.91. The van der Waals surface area contributed by atoms with E-state index in [9.17, 15) is 0 Å². The van der Waals surface area contributed by atoms with E-state index in [0.717, 1.165) is 17.8 Å². The highest BCUT2D eigenvalue weighted by atomic mass is 14.5. The Morgan fingerprint density at radius 3 is 2.57 bits per heavy atom. The standard InChI is InChI=1S/C14H26/c1-4-14(3)10-6-8-12-7-5-9-13(12)11(14)2/h11-13H,4-10H2,1-3H3. The van der Waals surface area contributed by atoms with Gasteiger partial charge in [0, 0.05) is 0 Å². The van der Waals surface area contributed by atoms with Crippen LogP contribution < -0.4 is 0 Å².